The Bertz CT molecular complexity index is 643. The molecule has 0 bridgehead atoms. The van der Waals surface area contributed by atoms with E-state index in [2.05, 4.69) is 20.5 Å². The van der Waals surface area contributed by atoms with E-state index in [4.69, 9.17) is 0 Å². The Labute approximate surface area is 167 Å². The zero-order valence-corrected chi connectivity index (χ0v) is 17.1. The largest absolute Gasteiger partial charge is 0.352 e. The molecule has 0 spiro atoms. The molecule has 2 N–H and O–H groups in total. The Morgan fingerprint density at radius 3 is 2.68 bits per heavy atom. The van der Waals surface area contributed by atoms with E-state index in [1.54, 1.807) is 12.4 Å². The second-order valence-electron chi connectivity index (χ2n) is 8.24. The van der Waals surface area contributed by atoms with Gasteiger partial charge in [0.25, 0.3) is 0 Å². The first-order valence-corrected chi connectivity index (χ1v) is 10.5. The maximum absolute atomic E-state index is 12.6. The monoisotopic (exact) mass is 387 g/mol. The van der Waals surface area contributed by atoms with Crippen LogP contribution in [-0.2, 0) is 11.3 Å². The molecule has 28 heavy (non-hydrogen) atoms. The van der Waals surface area contributed by atoms with Crippen molar-refractivity contribution in [2.45, 2.75) is 58.2 Å². The van der Waals surface area contributed by atoms with Crippen molar-refractivity contribution < 1.29 is 9.59 Å². The summed E-state index contributed by atoms with van der Waals surface area (Å²) in [5, 5.41) is 6.04. The molecular formula is C21H33N5O2. The molecular weight excluding hydrogens is 354 g/mol. The SMILES string of the molecule is CC(C)NC(=O)N1CCC(N2CCC[C@H](C(=O)NCc3cccnc3)C2)CC1. The molecule has 3 heterocycles. The highest BCUT2D eigenvalue weighted by molar-refractivity contribution is 5.79. The molecule has 7 nitrogen and oxygen atoms in total. The van der Waals surface area contributed by atoms with E-state index in [0.29, 0.717) is 12.6 Å². The molecule has 2 aliphatic heterocycles. The van der Waals surface area contributed by atoms with Crippen LogP contribution in [0.2, 0.25) is 0 Å². The van der Waals surface area contributed by atoms with Crippen LogP contribution in [0.25, 0.3) is 0 Å². The van der Waals surface area contributed by atoms with Gasteiger partial charge in [-0.15, -0.1) is 0 Å². The van der Waals surface area contributed by atoms with Gasteiger partial charge in [-0.05, 0) is 57.7 Å². The van der Waals surface area contributed by atoms with Crippen molar-refractivity contribution in [2.24, 2.45) is 5.92 Å². The van der Waals surface area contributed by atoms with Gasteiger partial charge >= 0.3 is 6.03 Å². The molecule has 1 aromatic rings. The van der Waals surface area contributed by atoms with Gasteiger partial charge < -0.3 is 15.5 Å². The van der Waals surface area contributed by atoms with Crippen molar-refractivity contribution in [3.63, 3.8) is 0 Å². The minimum Gasteiger partial charge on any atom is -0.352 e. The number of aromatic nitrogens is 1. The molecule has 0 aliphatic carbocycles. The Hall–Kier alpha value is -2.15. The summed E-state index contributed by atoms with van der Waals surface area (Å²) in [6.07, 6.45) is 7.49. The van der Waals surface area contributed by atoms with Crippen LogP contribution in [0.4, 0.5) is 4.79 Å². The molecule has 7 heteroatoms. The lowest BCUT2D eigenvalue weighted by Crippen LogP contribution is -2.53. The third-order valence-corrected chi connectivity index (χ3v) is 5.69. The highest BCUT2D eigenvalue weighted by Crippen LogP contribution is 2.24. The van der Waals surface area contributed by atoms with Crippen LogP contribution in [0.15, 0.2) is 24.5 Å². The number of hydrogen-bond acceptors (Lipinski definition) is 4. The first-order chi connectivity index (χ1) is 13.5. The number of carbonyl (C=O) groups is 2. The molecule has 2 aliphatic rings. The average molecular weight is 388 g/mol. The van der Waals surface area contributed by atoms with E-state index >= 15 is 0 Å². The first kappa shape index (κ1) is 20.6. The summed E-state index contributed by atoms with van der Waals surface area (Å²) in [6, 6.07) is 4.54. The number of likely N-dealkylation sites (tertiary alicyclic amines) is 2. The van der Waals surface area contributed by atoms with E-state index in [0.717, 1.165) is 57.4 Å². The lowest BCUT2D eigenvalue weighted by Gasteiger charge is -2.42. The molecule has 0 unspecified atom stereocenters. The van der Waals surface area contributed by atoms with Gasteiger partial charge in [0.05, 0.1) is 5.92 Å². The van der Waals surface area contributed by atoms with Crippen molar-refractivity contribution in [1.29, 1.82) is 0 Å². The third-order valence-electron chi connectivity index (χ3n) is 5.69. The number of carbonyl (C=O) groups excluding carboxylic acids is 2. The van der Waals surface area contributed by atoms with Crippen molar-refractivity contribution in [1.82, 2.24) is 25.4 Å². The summed E-state index contributed by atoms with van der Waals surface area (Å²) >= 11 is 0. The number of rotatable bonds is 5. The van der Waals surface area contributed by atoms with Crippen molar-refractivity contribution >= 4 is 11.9 Å². The molecule has 0 radical (unpaired) electrons. The van der Waals surface area contributed by atoms with E-state index in [9.17, 15) is 9.59 Å². The number of urea groups is 1. The van der Waals surface area contributed by atoms with Crippen LogP contribution in [-0.4, -0.2) is 65.0 Å². The summed E-state index contributed by atoms with van der Waals surface area (Å²) in [6.45, 7) is 7.95. The first-order valence-electron chi connectivity index (χ1n) is 10.5. The van der Waals surface area contributed by atoms with Gasteiger partial charge in [0.2, 0.25) is 5.91 Å². The van der Waals surface area contributed by atoms with Crippen LogP contribution in [0.1, 0.15) is 45.1 Å². The maximum atomic E-state index is 12.6. The second kappa shape index (κ2) is 9.87. The predicted molar refractivity (Wildman–Crippen MR) is 109 cm³/mol. The zero-order valence-electron chi connectivity index (χ0n) is 17.1. The van der Waals surface area contributed by atoms with Gasteiger partial charge in [0.15, 0.2) is 0 Å². The van der Waals surface area contributed by atoms with Gasteiger partial charge in [-0.25, -0.2) is 4.79 Å². The number of pyridine rings is 1. The maximum Gasteiger partial charge on any atom is 0.317 e. The molecule has 0 aromatic carbocycles. The Balaban J connectivity index is 1.44. The molecule has 1 aromatic heterocycles. The zero-order chi connectivity index (χ0) is 19.9. The minimum atomic E-state index is 0.0414. The summed E-state index contributed by atoms with van der Waals surface area (Å²) < 4.78 is 0. The molecule has 0 saturated carbocycles. The standard InChI is InChI=1S/C21H33N5O2/c1-16(2)24-21(28)25-11-7-19(8-12-25)26-10-4-6-18(15-26)20(27)23-14-17-5-3-9-22-13-17/h3,5,9,13,16,18-19H,4,6-8,10-12,14-15H2,1-2H3,(H,23,27)(H,24,28)/t18-/m0/s1. The quantitative estimate of drug-likeness (QED) is 0.810. The predicted octanol–water partition coefficient (Wildman–Crippen LogP) is 1.99. The molecule has 154 valence electrons. The molecule has 2 saturated heterocycles. The van der Waals surface area contributed by atoms with Crippen molar-refractivity contribution in [3.8, 4) is 0 Å². The summed E-state index contributed by atoms with van der Waals surface area (Å²) in [5.41, 5.74) is 1.02. The average Bonchev–Trinajstić information content (AvgIpc) is 2.72. The Morgan fingerprint density at radius 1 is 1.21 bits per heavy atom. The molecule has 3 rings (SSSR count). The minimum absolute atomic E-state index is 0.0414. The summed E-state index contributed by atoms with van der Waals surface area (Å²) in [7, 11) is 0. The number of amides is 3. The van der Waals surface area contributed by atoms with Crippen LogP contribution >= 0.6 is 0 Å². The number of hydrogen-bond donors (Lipinski definition) is 2. The van der Waals surface area contributed by atoms with Gasteiger partial charge in [-0.3, -0.25) is 14.7 Å². The smallest absolute Gasteiger partial charge is 0.317 e. The van der Waals surface area contributed by atoms with Crippen LogP contribution < -0.4 is 10.6 Å². The van der Waals surface area contributed by atoms with Gasteiger partial charge in [0.1, 0.15) is 0 Å². The van der Waals surface area contributed by atoms with Gasteiger partial charge in [-0.1, -0.05) is 6.07 Å². The molecule has 3 amide bonds. The van der Waals surface area contributed by atoms with Gasteiger partial charge in [-0.2, -0.15) is 0 Å². The summed E-state index contributed by atoms with van der Waals surface area (Å²) in [5.74, 6) is 0.190. The van der Waals surface area contributed by atoms with Crippen molar-refractivity contribution in [2.75, 3.05) is 26.2 Å². The lowest BCUT2D eigenvalue weighted by molar-refractivity contribution is -0.127. The van der Waals surface area contributed by atoms with Crippen LogP contribution in [0.3, 0.4) is 0 Å². The number of nitrogens with one attached hydrogen (secondary N) is 2. The number of nitrogens with zero attached hydrogens (tertiary/aromatic N) is 3. The normalized spacial score (nSPS) is 21.5. The molecule has 2 fully saturated rings. The van der Waals surface area contributed by atoms with E-state index < -0.39 is 0 Å². The van der Waals surface area contributed by atoms with Crippen LogP contribution in [0, 0.1) is 5.92 Å². The fourth-order valence-electron chi connectivity index (χ4n) is 4.16. The highest BCUT2D eigenvalue weighted by atomic mass is 16.2. The topological polar surface area (TPSA) is 77.6 Å². The fraction of sp³-hybridized carbons (Fsp3) is 0.667. The van der Waals surface area contributed by atoms with Gasteiger partial charge in [0, 0.05) is 50.7 Å². The third kappa shape index (κ3) is 5.67. The van der Waals surface area contributed by atoms with Crippen molar-refractivity contribution in [3.05, 3.63) is 30.1 Å². The Kier molecular flexibility index (Phi) is 7.25. The van der Waals surface area contributed by atoms with Crippen LogP contribution in [0.5, 0.6) is 0 Å². The molecule has 1 atom stereocenters. The highest BCUT2D eigenvalue weighted by Gasteiger charge is 2.32. The lowest BCUT2D eigenvalue weighted by atomic mass is 9.93. The number of piperidine rings is 2. The van der Waals surface area contributed by atoms with E-state index in [1.807, 2.05) is 30.9 Å². The van der Waals surface area contributed by atoms with E-state index in [1.165, 1.54) is 0 Å². The Morgan fingerprint density at radius 2 is 2.00 bits per heavy atom. The second-order valence-corrected chi connectivity index (χ2v) is 8.24. The van der Waals surface area contributed by atoms with E-state index in [-0.39, 0.29) is 23.9 Å². The fourth-order valence-corrected chi connectivity index (χ4v) is 4.16. The summed E-state index contributed by atoms with van der Waals surface area (Å²) in [4.78, 5) is 33.3.